The van der Waals surface area contributed by atoms with Crippen LogP contribution >= 0.6 is 0 Å². The molecule has 5 nitrogen and oxygen atoms in total. The maximum absolute atomic E-state index is 12.6. The Labute approximate surface area is 188 Å². The lowest BCUT2D eigenvalue weighted by atomic mass is 10.1. The SMILES string of the molecule is Cc1cccc(-c2nccc(Nc3cccc(C(=O)NCCCc4ccccc4)c3)n2)c1. The molecule has 4 rings (SSSR count). The fraction of sp³-hybridized carbons (Fsp3) is 0.148. The summed E-state index contributed by atoms with van der Waals surface area (Å²) in [5, 5.41) is 6.29. The second-order valence-corrected chi connectivity index (χ2v) is 7.69. The van der Waals surface area contributed by atoms with Crippen LogP contribution in [0, 0.1) is 6.92 Å². The van der Waals surface area contributed by atoms with E-state index in [1.165, 1.54) is 5.56 Å². The van der Waals surface area contributed by atoms with Crippen LogP contribution in [0.1, 0.15) is 27.9 Å². The van der Waals surface area contributed by atoms with Gasteiger partial charge in [-0.25, -0.2) is 9.97 Å². The van der Waals surface area contributed by atoms with Crippen molar-refractivity contribution in [3.05, 3.63) is 108 Å². The molecule has 0 radical (unpaired) electrons. The van der Waals surface area contributed by atoms with Gasteiger partial charge in [0.05, 0.1) is 0 Å². The number of nitrogens with one attached hydrogen (secondary N) is 2. The van der Waals surface area contributed by atoms with E-state index in [4.69, 9.17) is 0 Å². The number of amides is 1. The van der Waals surface area contributed by atoms with Crippen molar-refractivity contribution < 1.29 is 4.79 Å². The number of aryl methyl sites for hydroxylation is 2. The van der Waals surface area contributed by atoms with Gasteiger partial charge in [-0.05, 0) is 55.7 Å². The summed E-state index contributed by atoms with van der Waals surface area (Å²) in [5.74, 6) is 1.26. The highest BCUT2D eigenvalue weighted by molar-refractivity contribution is 5.95. The van der Waals surface area contributed by atoms with E-state index in [0.29, 0.717) is 23.8 Å². The lowest BCUT2D eigenvalue weighted by Crippen LogP contribution is -2.24. The summed E-state index contributed by atoms with van der Waals surface area (Å²) in [6.07, 6.45) is 3.58. The third kappa shape index (κ3) is 5.79. The Morgan fingerprint density at radius 1 is 0.906 bits per heavy atom. The minimum Gasteiger partial charge on any atom is -0.352 e. The maximum Gasteiger partial charge on any atom is 0.251 e. The minimum absolute atomic E-state index is 0.0788. The van der Waals surface area contributed by atoms with Crippen LogP contribution in [0.4, 0.5) is 11.5 Å². The van der Waals surface area contributed by atoms with Gasteiger partial charge in [0, 0.05) is 29.6 Å². The van der Waals surface area contributed by atoms with Gasteiger partial charge < -0.3 is 10.6 Å². The van der Waals surface area contributed by atoms with Crippen LogP contribution in [0.2, 0.25) is 0 Å². The molecular formula is C27H26N4O. The van der Waals surface area contributed by atoms with Gasteiger partial charge in [-0.3, -0.25) is 4.79 Å². The van der Waals surface area contributed by atoms with Crippen molar-refractivity contribution in [2.24, 2.45) is 0 Å². The molecule has 3 aromatic carbocycles. The van der Waals surface area contributed by atoms with Gasteiger partial charge in [-0.15, -0.1) is 0 Å². The summed E-state index contributed by atoms with van der Waals surface area (Å²) in [6.45, 7) is 2.68. The molecule has 32 heavy (non-hydrogen) atoms. The molecule has 0 aliphatic heterocycles. The molecule has 1 amide bonds. The van der Waals surface area contributed by atoms with E-state index in [9.17, 15) is 4.79 Å². The lowest BCUT2D eigenvalue weighted by Gasteiger charge is -2.10. The van der Waals surface area contributed by atoms with Crippen LogP contribution in [-0.4, -0.2) is 22.4 Å². The Morgan fingerprint density at radius 3 is 2.59 bits per heavy atom. The molecular weight excluding hydrogens is 396 g/mol. The van der Waals surface area contributed by atoms with E-state index >= 15 is 0 Å². The van der Waals surface area contributed by atoms with Gasteiger partial charge in [0.15, 0.2) is 5.82 Å². The van der Waals surface area contributed by atoms with Crippen molar-refractivity contribution in [3.63, 3.8) is 0 Å². The highest BCUT2D eigenvalue weighted by Gasteiger charge is 2.08. The van der Waals surface area contributed by atoms with Crippen molar-refractivity contribution in [2.75, 3.05) is 11.9 Å². The van der Waals surface area contributed by atoms with Crippen molar-refractivity contribution in [2.45, 2.75) is 19.8 Å². The van der Waals surface area contributed by atoms with E-state index in [1.54, 1.807) is 6.20 Å². The monoisotopic (exact) mass is 422 g/mol. The van der Waals surface area contributed by atoms with Gasteiger partial charge in [0.1, 0.15) is 5.82 Å². The Morgan fingerprint density at radius 2 is 1.75 bits per heavy atom. The van der Waals surface area contributed by atoms with Gasteiger partial charge >= 0.3 is 0 Å². The molecule has 1 aromatic heterocycles. The van der Waals surface area contributed by atoms with Crippen molar-refractivity contribution in [1.29, 1.82) is 0 Å². The summed E-state index contributed by atoms with van der Waals surface area (Å²) in [5.41, 5.74) is 4.82. The first-order chi connectivity index (χ1) is 15.7. The summed E-state index contributed by atoms with van der Waals surface area (Å²) in [7, 11) is 0. The van der Waals surface area contributed by atoms with Gasteiger partial charge in [-0.2, -0.15) is 0 Å². The number of anilines is 2. The molecule has 0 saturated carbocycles. The van der Waals surface area contributed by atoms with Crippen LogP contribution < -0.4 is 10.6 Å². The molecule has 5 heteroatoms. The number of rotatable bonds is 8. The van der Waals surface area contributed by atoms with Gasteiger partial charge in [0.25, 0.3) is 5.91 Å². The van der Waals surface area contributed by atoms with E-state index in [0.717, 1.165) is 29.7 Å². The maximum atomic E-state index is 12.6. The fourth-order valence-corrected chi connectivity index (χ4v) is 3.48. The molecule has 4 aromatic rings. The fourth-order valence-electron chi connectivity index (χ4n) is 3.48. The first-order valence-corrected chi connectivity index (χ1v) is 10.8. The molecule has 0 spiro atoms. The highest BCUT2D eigenvalue weighted by atomic mass is 16.1. The van der Waals surface area contributed by atoms with Gasteiger partial charge in [-0.1, -0.05) is 60.2 Å². The van der Waals surface area contributed by atoms with E-state index in [1.807, 2.05) is 73.7 Å². The first kappa shape index (κ1) is 21.2. The predicted molar refractivity (Wildman–Crippen MR) is 129 cm³/mol. The molecule has 0 fully saturated rings. The average molecular weight is 423 g/mol. The predicted octanol–water partition coefficient (Wildman–Crippen LogP) is 5.56. The molecule has 0 atom stereocenters. The van der Waals surface area contributed by atoms with E-state index < -0.39 is 0 Å². The summed E-state index contributed by atoms with van der Waals surface area (Å²) in [4.78, 5) is 21.6. The lowest BCUT2D eigenvalue weighted by molar-refractivity contribution is 0.0953. The molecule has 0 bridgehead atoms. The zero-order valence-corrected chi connectivity index (χ0v) is 18.1. The largest absolute Gasteiger partial charge is 0.352 e. The van der Waals surface area contributed by atoms with Crippen molar-refractivity contribution in [3.8, 4) is 11.4 Å². The van der Waals surface area contributed by atoms with Crippen molar-refractivity contribution >= 4 is 17.4 Å². The number of hydrogen-bond donors (Lipinski definition) is 2. The van der Waals surface area contributed by atoms with E-state index in [2.05, 4.69) is 38.8 Å². The minimum atomic E-state index is -0.0788. The topological polar surface area (TPSA) is 66.9 Å². The highest BCUT2D eigenvalue weighted by Crippen LogP contribution is 2.20. The smallest absolute Gasteiger partial charge is 0.251 e. The Hall–Kier alpha value is -3.99. The summed E-state index contributed by atoms with van der Waals surface area (Å²) in [6, 6.07) is 27.6. The number of nitrogens with zero attached hydrogens (tertiary/aromatic N) is 2. The molecule has 2 N–H and O–H groups in total. The molecule has 0 saturated heterocycles. The number of aromatic nitrogens is 2. The standard InChI is InChI=1S/C27H26N4O/c1-20-8-5-12-22(18-20)26-28-17-15-25(31-26)30-24-14-6-13-23(19-24)27(32)29-16-7-11-21-9-3-2-4-10-21/h2-6,8-10,12-15,17-19H,7,11,16H2,1H3,(H,29,32)(H,28,30,31). The zero-order chi connectivity index (χ0) is 22.2. The van der Waals surface area contributed by atoms with Crippen LogP contribution in [0.5, 0.6) is 0 Å². The number of carbonyl (C=O) groups excluding carboxylic acids is 1. The van der Waals surface area contributed by atoms with Crippen LogP contribution in [0.15, 0.2) is 91.1 Å². The van der Waals surface area contributed by atoms with E-state index in [-0.39, 0.29) is 5.91 Å². The summed E-state index contributed by atoms with van der Waals surface area (Å²) < 4.78 is 0. The van der Waals surface area contributed by atoms with Crippen molar-refractivity contribution in [1.82, 2.24) is 15.3 Å². The second-order valence-electron chi connectivity index (χ2n) is 7.69. The number of carbonyl (C=O) groups is 1. The third-order valence-electron chi connectivity index (χ3n) is 5.10. The normalized spacial score (nSPS) is 10.5. The molecule has 0 unspecified atom stereocenters. The number of benzene rings is 3. The first-order valence-electron chi connectivity index (χ1n) is 10.8. The second kappa shape index (κ2) is 10.4. The average Bonchev–Trinajstić information content (AvgIpc) is 2.83. The Balaban J connectivity index is 1.36. The molecule has 0 aliphatic rings. The zero-order valence-electron chi connectivity index (χ0n) is 18.1. The number of hydrogen-bond acceptors (Lipinski definition) is 4. The van der Waals surface area contributed by atoms with Crippen LogP contribution in [0.3, 0.4) is 0 Å². The quantitative estimate of drug-likeness (QED) is 0.365. The Bertz CT molecular complexity index is 1190. The molecule has 1 heterocycles. The summed E-state index contributed by atoms with van der Waals surface area (Å²) >= 11 is 0. The Kier molecular flexibility index (Phi) is 6.88. The third-order valence-corrected chi connectivity index (χ3v) is 5.10. The van der Waals surface area contributed by atoms with Gasteiger partial charge in [0.2, 0.25) is 0 Å². The molecule has 0 aliphatic carbocycles. The van der Waals surface area contributed by atoms with Crippen LogP contribution in [-0.2, 0) is 6.42 Å². The van der Waals surface area contributed by atoms with Crippen LogP contribution in [0.25, 0.3) is 11.4 Å². The molecule has 160 valence electrons.